The van der Waals surface area contributed by atoms with E-state index in [4.69, 9.17) is 0 Å². The maximum atomic E-state index is 11.9. The predicted octanol–water partition coefficient (Wildman–Crippen LogP) is 1.23. The van der Waals surface area contributed by atoms with E-state index in [0.717, 1.165) is 18.9 Å². The summed E-state index contributed by atoms with van der Waals surface area (Å²) in [7, 11) is 0. The minimum absolute atomic E-state index is 0.128. The fourth-order valence-corrected chi connectivity index (χ4v) is 1.80. The lowest BCUT2D eigenvalue weighted by Gasteiger charge is -2.13. The van der Waals surface area contributed by atoms with E-state index in [0.29, 0.717) is 16.8 Å². The Morgan fingerprint density at radius 3 is 2.69 bits per heavy atom. The number of hydrogen-bond donors (Lipinski definition) is 0. The molecule has 0 atom stereocenters. The van der Waals surface area contributed by atoms with E-state index in [9.17, 15) is 9.59 Å². The van der Waals surface area contributed by atoms with Crippen molar-refractivity contribution in [3.8, 4) is 0 Å². The van der Waals surface area contributed by atoms with Gasteiger partial charge in [-0.2, -0.15) is 0 Å². The molecule has 0 N–H and O–H groups in total. The molecule has 1 saturated heterocycles. The second kappa shape index (κ2) is 3.01. The second-order valence-corrected chi connectivity index (χ2v) is 4.07. The highest BCUT2D eigenvalue weighted by molar-refractivity contribution is 6.23. The maximum absolute atomic E-state index is 11.9. The van der Waals surface area contributed by atoms with E-state index in [1.807, 2.05) is 4.90 Å². The number of allylic oxidation sites excluding steroid dienone is 2. The van der Waals surface area contributed by atoms with E-state index in [1.165, 1.54) is 6.08 Å². The number of carbonyl (C=O) groups excluding carboxylic acids is 2. The largest absolute Gasteiger partial charge is 0.353 e. The van der Waals surface area contributed by atoms with Crippen LogP contribution in [0.1, 0.15) is 27.8 Å². The van der Waals surface area contributed by atoms with Crippen LogP contribution in [0.25, 0.3) is 0 Å². The van der Waals surface area contributed by atoms with Crippen molar-refractivity contribution in [2.24, 2.45) is 0 Å². The monoisotopic (exact) mass is 214 g/mol. The number of hydrogen-bond acceptors (Lipinski definition) is 4. The van der Waals surface area contributed by atoms with Crippen LogP contribution in [0, 0.1) is 0 Å². The van der Waals surface area contributed by atoms with Crippen LogP contribution in [0.5, 0.6) is 0 Å². The van der Waals surface area contributed by atoms with Gasteiger partial charge in [0.2, 0.25) is 5.78 Å². The fraction of sp³-hybridized carbons (Fsp3) is 0.250. The first-order chi connectivity index (χ1) is 7.66. The number of anilines is 1. The number of nitrogens with zero attached hydrogens (tertiary/aromatic N) is 2. The van der Waals surface area contributed by atoms with Crippen LogP contribution in [0.4, 0.5) is 5.82 Å². The predicted molar refractivity (Wildman–Crippen MR) is 58.9 cm³/mol. The Morgan fingerprint density at radius 2 is 2.00 bits per heavy atom. The van der Waals surface area contributed by atoms with E-state index in [2.05, 4.69) is 4.98 Å². The average molecular weight is 214 g/mol. The summed E-state index contributed by atoms with van der Waals surface area (Å²) in [5, 5.41) is 0. The first-order valence-electron chi connectivity index (χ1n) is 5.20. The lowest BCUT2D eigenvalue weighted by Crippen LogP contribution is -2.18. The van der Waals surface area contributed by atoms with Gasteiger partial charge in [-0.25, -0.2) is 4.98 Å². The molecule has 0 bridgehead atoms. The smallest absolute Gasteiger partial charge is 0.208 e. The van der Waals surface area contributed by atoms with Gasteiger partial charge in [-0.15, -0.1) is 0 Å². The number of carbonyl (C=O) groups is 2. The Labute approximate surface area is 92.6 Å². The van der Waals surface area contributed by atoms with Crippen molar-refractivity contribution in [3.05, 3.63) is 35.0 Å². The molecule has 0 amide bonds. The van der Waals surface area contributed by atoms with E-state index >= 15 is 0 Å². The summed E-state index contributed by atoms with van der Waals surface area (Å²) in [5.74, 6) is 0.518. The van der Waals surface area contributed by atoms with Gasteiger partial charge in [-0.3, -0.25) is 9.59 Å². The molecule has 0 radical (unpaired) electrons. The van der Waals surface area contributed by atoms with Gasteiger partial charge in [0.1, 0.15) is 11.5 Å². The van der Waals surface area contributed by atoms with Crippen molar-refractivity contribution < 1.29 is 9.59 Å². The molecule has 0 unspecified atom stereocenters. The van der Waals surface area contributed by atoms with E-state index in [-0.39, 0.29) is 11.6 Å². The Balaban J connectivity index is 2.15. The van der Waals surface area contributed by atoms with Crippen LogP contribution in [-0.2, 0) is 0 Å². The van der Waals surface area contributed by atoms with Crippen LogP contribution < -0.4 is 4.90 Å². The first-order valence-corrected chi connectivity index (χ1v) is 5.20. The van der Waals surface area contributed by atoms with Crippen molar-refractivity contribution in [2.45, 2.75) is 6.92 Å². The molecule has 3 rings (SSSR count). The van der Waals surface area contributed by atoms with Gasteiger partial charge in [-0.05, 0) is 25.1 Å². The highest BCUT2D eigenvalue weighted by Crippen LogP contribution is 2.25. The van der Waals surface area contributed by atoms with E-state index in [1.54, 1.807) is 19.1 Å². The van der Waals surface area contributed by atoms with Crippen LogP contribution in [0.15, 0.2) is 23.8 Å². The van der Waals surface area contributed by atoms with Gasteiger partial charge in [-0.1, -0.05) is 0 Å². The van der Waals surface area contributed by atoms with Crippen LogP contribution in [0.2, 0.25) is 0 Å². The third-order valence-electron chi connectivity index (χ3n) is 2.84. The normalized spacial score (nSPS) is 18.3. The third kappa shape index (κ3) is 1.26. The molecule has 4 heteroatoms. The van der Waals surface area contributed by atoms with Gasteiger partial charge in [0, 0.05) is 18.7 Å². The van der Waals surface area contributed by atoms with Gasteiger partial charge in [0.25, 0.3) is 0 Å². The minimum atomic E-state index is -0.140. The van der Waals surface area contributed by atoms with Crippen LogP contribution in [0.3, 0.4) is 0 Å². The summed E-state index contributed by atoms with van der Waals surface area (Å²) >= 11 is 0. The lowest BCUT2D eigenvalue weighted by atomic mass is 9.94. The quantitative estimate of drug-likeness (QED) is 0.660. The summed E-state index contributed by atoms with van der Waals surface area (Å²) in [4.78, 5) is 29.8. The highest BCUT2D eigenvalue weighted by atomic mass is 16.1. The van der Waals surface area contributed by atoms with Crippen LogP contribution >= 0.6 is 0 Å². The summed E-state index contributed by atoms with van der Waals surface area (Å²) in [6, 6.07) is 3.49. The zero-order valence-corrected chi connectivity index (χ0v) is 8.86. The zero-order chi connectivity index (χ0) is 11.3. The molecule has 16 heavy (non-hydrogen) atoms. The van der Waals surface area contributed by atoms with Crippen molar-refractivity contribution >= 4 is 17.4 Å². The molecule has 1 aliphatic carbocycles. The average Bonchev–Trinajstić information content (AvgIpc) is 3.09. The molecule has 0 saturated carbocycles. The molecule has 2 heterocycles. The van der Waals surface area contributed by atoms with Gasteiger partial charge < -0.3 is 4.90 Å². The topological polar surface area (TPSA) is 50.0 Å². The summed E-state index contributed by atoms with van der Waals surface area (Å²) in [6.07, 6.45) is 1.38. The molecular formula is C12H10N2O2. The molecule has 0 aromatic carbocycles. The van der Waals surface area contributed by atoms with Gasteiger partial charge in [0.15, 0.2) is 5.78 Å². The summed E-state index contributed by atoms with van der Waals surface area (Å²) in [6.45, 7) is 3.60. The van der Waals surface area contributed by atoms with Crippen LogP contribution in [-0.4, -0.2) is 29.6 Å². The first kappa shape index (κ1) is 9.27. The minimum Gasteiger partial charge on any atom is -0.353 e. The Hall–Kier alpha value is -1.97. The number of rotatable bonds is 1. The molecule has 4 nitrogen and oxygen atoms in total. The number of ketones is 2. The fourth-order valence-electron chi connectivity index (χ4n) is 1.80. The Kier molecular flexibility index (Phi) is 1.74. The molecule has 1 aliphatic heterocycles. The molecule has 80 valence electrons. The molecule has 1 fully saturated rings. The van der Waals surface area contributed by atoms with Gasteiger partial charge >= 0.3 is 0 Å². The molecule has 1 aromatic heterocycles. The molecule has 1 aromatic rings. The third-order valence-corrected chi connectivity index (χ3v) is 2.84. The number of pyridine rings is 1. The summed E-state index contributed by atoms with van der Waals surface area (Å²) < 4.78 is 0. The lowest BCUT2D eigenvalue weighted by molar-refractivity contribution is 0.0980. The highest BCUT2D eigenvalue weighted by Gasteiger charge is 2.27. The number of fused-ring (bicyclic) bond motifs is 1. The van der Waals surface area contributed by atoms with Crippen molar-refractivity contribution in [1.29, 1.82) is 0 Å². The Morgan fingerprint density at radius 1 is 1.25 bits per heavy atom. The van der Waals surface area contributed by atoms with Gasteiger partial charge in [0.05, 0.1) is 5.56 Å². The van der Waals surface area contributed by atoms with E-state index < -0.39 is 0 Å². The van der Waals surface area contributed by atoms with Crippen molar-refractivity contribution in [1.82, 2.24) is 4.98 Å². The number of aromatic nitrogens is 1. The maximum Gasteiger partial charge on any atom is 0.208 e. The summed E-state index contributed by atoms with van der Waals surface area (Å²) in [5.41, 5.74) is 1.18. The van der Waals surface area contributed by atoms with Crippen molar-refractivity contribution in [3.63, 3.8) is 0 Å². The number of Topliss-reactive ketones (excluding diaryl/α,β-unsaturated/α-hetero) is 1. The second-order valence-electron chi connectivity index (χ2n) is 4.07. The molecular weight excluding hydrogens is 204 g/mol. The van der Waals surface area contributed by atoms with Crippen molar-refractivity contribution in [2.75, 3.05) is 18.0 Å². The Bertz CT molecular complexity index is 542. The zero-order valence-electron chi connectivity index (χ0n) is 8.86. The molecule has 2 aliphatic rings. The molecule has 0 spiro atoms. The standard InChI is InChI=1S/C12H10N2O2/c1-7-6-9(15)8-2-3-10(14-4-5-14)13-11(8)12(7)16/h2-3,6H,4-5H2,1H3. The SMILES string of the molecule is CC1=CC(=O)c2ccc(N3CC3)nc2C1=O.